The molecule has 0 bridgehead atoms. The van der Waals surface area contributed by atoms with E-state index < -0.39 is 0 Å². The van der Waals surface area contributed by atoms with Crippen LogP contribution in [-0.2, 0) is 4.74 Å². The lowest BCUT2D eigenvalue weighted by Crippen LogP contribution is -2.51. The van der Waals surface area contributed by atoms with Gasteiger partial charge in [-0.05, 0) is 40.0 Å². The zero-order chi connectivity index (χ0) is 8.60. The van der Waals surface area contributed by atoms with Crippen LogP contribution in [0.2, 0.25) is 0 Å². The number of ether oxygens (including phenoxy) is 1. The van der Waals surface area contributed by atoms with Crippen molar-refractivity contribution in [3.8, 4) is 0 Å². The molecule has 3 heteroatoms. The van der Waals surface area contributed by atoms with Crippen molar-refractivity contribution in [2.45, 2.75) is 18.4 Å². The number of likely N-dealkylation sites (tertiary alicyclic amines) is 1. The van der Waals surface area contributed by atoms with Gasteiger partial charge in [-0.1, -0.05) is 0 Å². The summed E-state index contributed by atoms with van der Waals surface area (Å²) in [6, 6.07) is 0. The van der Waals surface area contributed by atoms with Crippen molar-refractivity contribution in [1.82, 2.24) is 9.80 Å². The van der Waals surface area contributed by atoms with Crippen LogP contribution in [0.3, 0.4) is 0 Å². The van der Waals surface area contributed by atoms with Gasteiger partial charge in [0.15, 0.2) is 0 Å². The monoisotopic (exact) mass is 170 g/mol. The summed E-state index contributed by atoms with van der Waals surface area (Å²) in [4.78, 5) is 4.78. The SMILES string of the molecule is CN1CCC2(CC1)COCN2C. The average Bonchev–Trinajstić information content (AvgIpc) is 2.41. The van der Waals surface area contributed by atoms with Crippen molar-refractivity contribution in [2.75, 3.05) is 40.5 Å². The second-order valence-electron chi connectivity index (χ2n) is 4.20. The van der Waals surface area contributed by atoms with Gasteiger partial charge < -0.3 is 9.64 Å². The molecule has 70 valence electrons. The van der Waals surface area contributed by atoms with Gasteiger partial charge in [0.05, 0.1) is 13.3 Å². The predicted molar refractivity (Wildman–Crippen MR) is 48.0 cm³/mol. The molecule has 0 amide bonds. The van der Waals surface area contributed by atoms with Gasteiger partial charge in [0.1, 0.15) is 0 Å². The maximum atomic E-state index is 5.49. The van der Waals surface area contributed by atoms with E-state index in [4.69, 9.17) is 4.74 Å². The Bertz CT molecular complexity index is 164. The lowest BCUT2D eigenvalue weighted by molar-refractivity contribution is 0.0916. The van der Waals surface area contributed by atoms with Crippen molar-refractivity contribution in [1.29, 1.82) is 0 Å². The zero-order valence-electron chi connectivity index (χ0n) is 8.05. The van der Waals surface area contributed by atoms with Gasteiger partial charge in [0.2, 0.25) is 0 Å². The third kappa shape index (κ3) is 1.26. The first-order valence-electron chi connectivity index (χ1n) is 4.70. The van der Waals surface area contributed by atoms with Crippen LogP contribution in [0.15, 0.2) is 0 Å². The molecule has 2 aliphatic heterocycles. The standard InChI is InChI=1S/C9H18N2O/c1-10-5-3-9(4-6-10)7-12-8-11(9)2/h3-8H2,1-2H3. The van der Waals surface area contributed by atoms with E-state index in [1.807, 2.05) is 0 Å². The summed E-state index contributed by atoms with van der Waals surface area (Å²) in [6.45, 7) is 4.20. The molecular weight excluding hydrogens is 152 g/mol. The van der Waals surface area contributed by atoms with Crippen LogP contribution in [0.4, 0.5) is 0 Å². The summed E-state index contributed by atoms with van der Waals surface area (Å²) in [5.74, 6) is 0. The summed E-state index contributed by atoms with van der Waals surface area (Å²) >= 11 is 0. The summed E-state index contributed by atoms with van der Waals surface area (Å²) in [6.07, 6.45) is 2.53. The topological polar surface area (TPSA) is 15.7 Å². The molecule has 0 saturated carbocycles. The highest BCUT2D eigenvalue weighted by atomic mass is 16.5. The first-order valence-corrected chi connectivity index (χ1v) is 4.70. The quantitative estimate of drug-likeness (QED) is 0.522. The Morgan fingerprint density at radius 3 is 2.33 bits per heavy atom. The fraction of sp³-hybridized carbons (Fsp3) is 1.00. The Morgan fingerprint density at radius 1 is 1.17 bits per heavy atom. The van der Waals surface area contributed by atoms with E-state index in [0.717, 1.165) is 13.3 Å². The smallest absolute Gasteiger partial charge is 0.0994 e. The van der Waals surface area contributed by atoms with E-state index in [0.29, 0.717) is 5.54 Å². The van der Waals surface area contributed by atoms with Gasteiger partial charge in [0, 0.05) is 5.54 Å². The molecule has 0 aromatic rings. The highest BCUT2D eigenvalue weighted by Crippen LogP contribution is 2.31. The van der Waals surface area contributed by atoms with Crippen molar-refractivity contribution >= 4 is 0 Å². The molecule has 2 heterocycles. The Morgan fingerprint density at radius 2 is 1.83 bits per heavy atom. The lowest BCUT2D eigenvalue weighted by atomic mass is 9.88. The molecule has 2 aliphatic rings. The molecule has 0 aromatic heterocycles. The first kappa shape index (κ1) is 8.48. The maximum Gasteiger partial charge on any atom is 0.0994 e. The van der Waals surface area contributed by atoms with Gasteiger partial charge in [0.25, 0.3) is 0 Å². The van der Waals surface area contributed by atoms with Crippen LogP contribution in [0.25, 0.3) is 0 Å². The Kier molecular flexibility index (Phi) is 2.10. The van der Waals surface area contributed by atoms with E-state index in [1.165, 1.54) is 25.9 Å². The van der Waals surface area contributed by atoms with E-state index in [2.05, 4.69) is 23.9 Å². The predicted octanol–water partition coefficient (Wildman–Crippen LogP) is 0.370. The number of likely N-dealkylation sites (N-methyl/N-ethyl adjacent to an activating group) is 1. The Labute approximate surface area is 74.3 Å². The van der Waals surface area contributed by atoms with Gasteiger partial charge >= 0.3 is 0 Å². The number of rotatable bonds is 0. The summed E-state index contributed by atoms with van der Waals surface area (Å²) in [5.41, 5.74) is 0.381. The van der Waals surface area contributed by atoms with Gasteiger partial charge in [-0.15, -0.1) is 0 Å². The summed E-state index contributed by atoms with van der Waals surface area (Å²) in [7, 11) is 4.38. The van der Waals surface area contributed by atoms with Gasteiger partial charge in [-0.3, -0.25) is 4.90 Å². The minimum atomic E-state index is 0.381. The molecule has 3 nitrogen and oxygen atoms in total. The van der Waals surface area contributed by atoms with Crippen molar-refractivity contribution in [3.63, 3.8) is 0 Å². The molecule has 0 unspecified atom stereocenters. The number of piperidine rings is 1. The van der Waals surface area contributed by atoms with Crippen molar-refractivity contribution in [2.24, 2.45) is 0 Å². The minimum Gasteiger partial charge on any atom is -0.364 e. The molecule has 1 spiro atoms. The number of hydrogen-bond acceptors (Lipinski definition) is 3. The number of hydrogen-bond donors (Lipinski definition) is 0. The highest BCUT2D eigenvalue weighted by molar-refractivity contribution is 4.95. The molecular formula is C9H18N2O. The van der Waals surface area contributed by atoms with Gasteiger partial charge in [-0.25, -0.2) is 0 Å². The third-order valence-electron chi connectivity index (χ3n) is 3.38. The lowest BCUT2D eigenvalue weighted by Gasteiger charge is -2.40. The molecule has 0 radical (unpaired) electrons. The van der Waals surface area contributed by atoms with Crippen molar-refractivity contribution in [3.05, 3.63) is 0 Å². The summed E-state index contributed by atoms with van der Waals surface area (Å²) < 4.78 is 5.49. The first-order chi connectivity index (χ1) is 5.73. The van der Waals surface area contributed by atoms with E-state index in [9.17, 15) is 0 Å². The zero-order valence-corrected chi connectivity index (χ0v) is 8.05. The highest BCUT2D eigenvalue weighted by Gasteiger charge is 2.41. The van der Waals surface area contributed by atoms with Crippen LogP contribution in [0, 0.1) is 0 Å². The van der Waals surface area contributed by atoms with Crippen LogP contribution in [0.5, 0.6) is 0 Å². The molecule has 2 saturated heterocycles. The normalized spacial score (nSPS) is 31.5. The van der Waals surface area contributed by atoms with Crippen LogP contribution >= 0.6 is 0 Å². The average molecular weight is 170 g/mol. The molecule has 12 heavy (non-hydrogen) atoms. The minimum absolute atomic E-state index is 0.381. The van der Waals surface area contributed by atoms with Crippen LogP contribution < -0.4 is 0 Å². The second-order valence-corrected chi connectivity index (χ2v) is 4.20. The fourth-order valence-electron chi connectivity index (χ4n) is 2.18. The number of nitrogens with zero attached hydrogens (tertiary/aromatic N) is 2. The van der Waals surface area contributed by atoms with Gasteiger partial charge in [-0.2, -0.15) is 0 Å². The maximum absolute atomic E-state index is 5.49. The molecule has 0 aliphatic carbocycles. The van der Waals surface area contributed by atoms with E-state index >= 15 is 0 Å². The summed E-state index contributed by atoms with van der Waals surface area (Å²) in [5, 5.41) is 0. The second kappa shape index (κ2) is 2.98. The largest absolute Gasteiger partial charge is 0.364 e. The molecule has 0 N–H and O–H groups in total. The molecule has 0 atom stereocenters. The fourth-order valence-corrected chi connectivity index (χ4v) is 2.18. The van der Waals surface area contributed by atoms with E-state index in [-0.39, 0.29) is 0 Å². The Balaban J connectivity index is 2.02. The molecule has 2 rings (SSSR count). The molecule has 2 fully saturated rings. The third-order valence-corrected chi connectivity index (χ3v) is 3.38. The van der Waals surface area contributed by atoms with Crippen molar-refractivity contribution < 1.29 is 4.74 Å². The Hall–Kier alpha value is -0.120. The van der Waals surface area contributed by atoms with Crippen LogP contribution in [0.1, 0.15) is 12.8 Å². The van der Waals surface area contributed by atoms with Crippen LogP contribution in [-0.4, -0.2) is 55.9 Å². The van der Waals surface area contributed by atoms with E-state index in [1.54, 1.807) is 0 Å². The molecule has 0 aromatic carbocycles.